The smallest absolute Gasteiger partial charge is 0.254 e. The lowest BCUT2D eigenvalue weighted by Crippen LogP contribution is -2.48. The maximum Gasteiger partial charge on any atom is 0.254 e. The van der Waals surface area contributed by atoms with Gasteiger partial charge in [-0.3, -0.25) is 9.59 Å². The molecule has 0 spiro atoms. The predicted molar refractivity (Wildman–Crippen MR) is 77.5 cm³/mol. The molecule has 0 radical (unpaired) electrons. The van der Waals surface area contributed by atoms with Crippen LogP contribution < -0.4 is 0 Å². The van der Waals surface area contributed by atoms with Gasteiger partial charge in [-0.1, -0.05) is 18.2 Å². The number of carbonyl (C=O) groups excluding carboxylic acids is 2. The minimum Gasteiger partial charge on any atom is -0.335 e. The van der Waals surface area contributed by atoms with Crippen LogP contribution >= 0.6 is 0 Å². The minimum absolute atomic E-state index is 0.0861. The van der Waals surface area contributed by atoms with Gasteiger partial charge in [0.25, 0.3) is 5.91 Å². The van der Waals surface area contributed by atoms with Crippen molar-refractivity contribution >= 4 is 11.7 Å². The van der Waals surface area contributed by atoms with Gasteiger partial charge < -0.3 is 4.90 Å². The summed E-state index contributed by atoms with van der Waals surface area (Å²) >= 11 is 0. The second-order valence-electron chi connectivity index (χ2n) is 5.89. The molecule has 2 fully saturated rings. The van der Waals surface area contributed by atoms with Crippen LogP contribution in [-0.2, 0) is 4.79 Å². The summed E-state index contributed by atoms with van der Waals surface area (Å²) in [4.78, 5) is 26.7. The Balaban J connectivity index is 1.82. The number of carbonyl (C=O) groups is 2. The van der Waals surface area contributed by atoms with E-state index in [1.165, 1.54) is 0 Å². The van der Waals surface area contributed by atoms with Gasteiger partial charge >= 0.3 is 0 Å². The number of nitrogens with zero attached hydrogens (tertiary/aromatic N) is 1. The van der Waals surface area contributed by atoms with E-state index in [1.807, 2.05) is 35.2 Å². The largest absolute Gasteiger partial charge is 0.335 e. The van der Waals surface area contributed by atoms with E-state index in [9.17, 15) is 9.59 Å². The van der Waals surface area contributed by atoms with E-state index in [0.29, 0.717) is 12.2 Å². The van der Waals surface area contributed by atoms with Crippen molar-refractivity contribution in [2.45, 2.75) is 44.6 Å². The van der Waals surface area contributed by atoms with Crippen LogP contribution in [0.2, 0.25) is 0 Å². The Bertz CT molecular complexity index is 497. The first-order chi connectivity index (χ1) is 9.77. The van der Waals surface area contributed by atoms with E-state index in [-0.39, 0.29) is 17.9 Å². The van der Waals surface area contributed by atoms with Gasteiger partial charge in [-0.05, 0) is 44.2 Å². The molecule has 3 heteroatoms. The van der Waals surface area contributed by atoms with Gasteiger partial charge in [0.2, 0.25) is 0 Å². The molecule has 106 valence electrons. The van der Waals surface area contributed by atoms with Gasteiger partial charge in [0.05, 0.1) is 0 Å². The van der Waals surface area contributed by atoms with Crippen molar-refractivity contribution in [1.29, 1.82) is 0 Å². The molecule has 0 aromatic heterocycles. The first kappa shape index (κ1) is 13.3. The maximum atomic E-state index is 12.7. The summed E-state index contributed by atoms with van der Waals surface area (Å²) in [6.45, 7) is 0.794. The zero-order chi connectivity index (χ0) is 13.9. The maximum absolute atomic E-state index is 12.7. The van der Waals surface area contributed by atoms with Crippen LogP contribution in [0.3, 0.4) is 0 Å². The van der Waals surface area contributed by atoms with Gasteiger partial charge in [0, 0.05) is 30.5 Å². The van der Waals surface area contributed by atoms with E-state index in [4.69, 9.17) is 0 Å². The summed E-state index contributed by atoms with van der Waals surface area (Å²) in [5.74, 6) is 0.542. The van der Waals surface area contributed by atoms with Crippen molar-refractivity contribution in [3.05, 3.63) is 35.9 Å². The summed E-state index contributed by atoms with van der Waals surface area (Å²) in [6, 6.07) is 9.58. The van der Waals surface area contributed by atoms with Gasteiger partial charge in [0.15, 0.2) is 0 Å². The Kier molecular flexibility index (Phi) is 3.86. The molecule has 1 aromatic carbocycles. The molecular formula is C17H21NO2. The number of benzene rings is 1. The van der Waals surface area contributed by atoms with Crippen molar-refractivity contribution in [3.8, 4) is 0 Å². The highest BCUT2D eigenvalue weighted by Crippen LogP contribution is 2.33. The number of piperidine rings is 1. The first-order valence-electron chi connectivity index (χ1n) is 7.66. The highest BCUT2D eigenvalue weighted by atomic mass is 16.2. The zero-order valence-corrected chi connectivity index (χ0v) is 11.8. The molecule has 1 saturated heterocycles. The average Bonchev–Trinajstić information content (AvgIpc) is 2.93. The lowest BCUT2D eigenvalue weighted by molar-refractivity contribution is -0.122. The third-order valence-corrected chi connectivity index (χ3v) is 4.65. The van der Waals surface area contributed by atoms with Crippen LogP contribution in [0.15, 0.2) is 30.3 Å². The molecule has 0 bridgehead atoms. The van der Waals surface area contributed by atoms with Crippen LogP contribution in [0.5, 0.6) is 0 Å². The van der Waals surface area contributed by atoms with Gasteiger partial charge in [0.1, 0.15) is 5.78 Å². The Hall–Kier alpha value is -1.64. The summed E-state index contributed by atoms with van der Waals surface area (Å²) in [5.41, 5.74) is 0.741. The molecule has 1 aromatic rings. The van der Waals surface area contributed by atoms with Crippen LogP contribution in [-0.4, -0.2) is 29.2 Å². The predicted octanol–water partition coefficient (Wildman–Crippen LogP) is 3.05. The summed E-state index contributed by atoms with van der Waals surface area (Å²) in [6.07, 6.45) is 5.82. The second-order valence-corrected chi connectivity index (χ2v) is 5.89. The summed E-state index contributed by atoms with van der Waals surface area (Å²) < 4.78 is 0. The first-order valence-corrected chi connectivity index (χ1v) is 7.66. The van der Waals surface area contributed by atoms with E-state index in [1.54, 1.807) is 0 Å². The van der Waals surface area contributed by atoms with E-state index in [0.717, 1.165) is 44.2 Å². The number of likely N-dealkylation sites (tertiary alicyclic amines) is 1. The Morgan fingerprint density at radius 3 is 2.55 bits per heavy atom. The molecule has 3 nitrogen and oxygen atoms in total. The molecule has 1 heterocycles. The number of hydrogen-bond acceptors (Lipinski definition) is 2. The fourth-order valence-electron chi connectivity index (χ4n) is 3.62. The van der Waals surface area contributed by atoms with Crippen LogP contribution in [0.1, 0.15) is 48.9 Å². The highest BCUT2D eigenvalue weighted by molar-refractivity contribution is 5.95. The summed E-state index contributed by atoms with van der Waals surface area (Å²) in [5, 5.41) is 0. The highest BCUT2D eigenvalue weighted by Gasteiger charge is 2.38. The van der Waals surface area contributed by atoms with Crippen molar-refractivity contribution in [2.24, 2.45) is 5.92 Å². The third kappa shape index (κ3) is 2.49. The molecule has 1 saturated carbocycles. The minimum atomic E-state index is 0.0861. The van der Waals surface area contributed by atoms with Gasteiger partial charge in [-0.2, -0.15) is 0 Å². The van der Waals surface area contributed by atoms with Crippen LogP contribution in [0, 0.1) is 5.92 Å². The molecule has 0 N–H and O–H groups in total. The molecule has 2 aliphatic rings. The van der Waals surface area contributed by atoms with Gasteiger partial charge in [-0.15, -0.1) is 0 Å². The molecule has 20 heavy (non-hydrogen) atoms. The van der Waals surface area contributed by atoms with E-state index >= 15 is 0 Å². The number of Topliss-reactive ketones (excluding diaryl/α,β-unsaturated/α-hetero) is 1. The Morgan fingerprint density at radius 2 is 1.85 bits per heavy atom. The molecular weight excluding hydrogens is 250 g/mol. The second kappa shape index (κ2) is 5.78. The summed E-state index contributed by atoms with van der Waals surface area (Å²) in [7, 11) is 0. The molecule has 1 aliphatic carbocycles. The standard InChI is InChI=1S/C17H21NO2/c19-16-11-6-9-14(16)15-10-4-5-12-18(15)17(20)13-7-2-1-3-8-13/h1-3,7-8,14-15H,4-6,9-12H2. The quantitative estimate of drug-likeness (QED) is 0.829. The lowest BCUT2D eigenvalue weighted by Gasteiger charge is -2.38. The normalized spacial score (nSPS) is 26.8. The Morgan fingerprint density at radius 1 is 1.05 bits per heavy atom. The third-order valence-electron chi connectivity index (χ3n) is 4.65. The topological polar surface area (TPSA) is 37.4 Å². The van der Waals surface area contributed by atoms with Crippen LogP contribution in [0.25, 0.3) is 0 Å². The number of ketones is 1. The van der Waals surface area contributed by atoms with Crippen molar-refractivity contribution < 1.29 is 9.59 Å². The fraction of sp³-hybridized carbons (Fsp3) is 0.529. The van der Waals surface area contributed by atoms with Crippen molar-refractivity contribution in [2.75, 3.05) is 6.54 Å². The molecule has 2 unspecified atom stereocenters. The number of rotatable bonds is 2. The molecule has 3 rings (SSSR count). The lowest BCUT2D eigenvalue weighted by atomic mass is 9.88. The number of hydrogen-bond donors (Lipinski definition) is 0. The van der Waals surface area contributed by atoms with E-state index in [2.05, 4.69) is 0 Å². The molecule has 1 amide bonds. The zero-order valence-electron chi connectivity index (χ0n) is 11.8. The average molecular weight is 271 g/mol. The van der Waals surface area contributed by atoms with Crippen molar-refractivity contribution in [1.82, 2.24) is 4.90 Å². The monoisotopic (exact) mass is 271 g/mol. The van der Waals surface area contributed by atoms with Crippen molar-refractivity contribution in [3.63, 3.8) is 0 Å². The number of amides is 1. The van der Waals surface area contributed by atoms with E-state index < -0.39 is 0 Å². The van der Waals surface area contributed by atoms with Gasteiger partial charge in [-0.25, -0.2) is 0 Å². The van der Waals surface area contributed by atoms with Crippen LogP contribution in [0.4, 0.5) is 0 Å². The molecule has 2 atom stereocenters. The SMILES string of the molecule is O=C1CCCC1C1CCCCN1C(=O)c1ccccc1. The Labute approximate surface area is 120 Å². The molecule has 1 aliphatic heterocycles. The fourth-order valence-corrected chi connectivity index (χ4v) is 3.62.